The highest BCUT2D eigenvalue weighted by Crippen LogP contribution is 2.38. The van der Waals surface area contributed by atoms with E-state index in [9.17, 15) is 8.42 Å². The fourth-order valence-electron chi connectivity index (χ4n) is 4.21. The van der Waals surface area contributed by atoms with Crippen LogP contribution in [0.4, 0.5) is 5.95 Å². The number of aryl methyl sites for hydroxylation is 1. The smallest absolute Gasteiger partial charge is 0.243 e. The van der Waals surface area contributed by atoms with E-state index in [2.05, 4.69) is 30.2 Å². The highest BCUT2D eigenvalue weighted by atomic mass is 32.2. The van der Waals surface area contributed by atoms with Crippen LogP contribution in [-0.2, 0) is 14.8 Å². The molecule has 0 radical (unpaired) electrons. The van der Waals surface area contributed by atoms with E-state index in [4.69, 9.17) is 14.2 Å². The summed E-state index contributed by atoms with van der Waals surface area (Å²) in [5, 5.41) is 10.9. The van der Waals surface area contributed by atoms with Gasteiger partial charge in [0.15, 0.2) is 5.82 Å². The van der Waals surface area contributed by atoms with Crippen molar-refractivity contribution < 1.29 is 22.6 Å². The van der Waals surface area contributed by atoms with Crippen LogP contribution in [0.15, 0.2) is 30.6 Å². The van der Waals surface area contributed by atoms with Crippen LogP contribution in [-0.4, -0.2) is 72.8 Å². The van der Waals surface area contributed by atoms with Crippen molar-refractivity contribution in [2.45, 2.75) is 37.5 Å². The number of sulfonamides is 1. The van der Waals surface area contributed by atoms with Gasteiger partial charge in [-0.2, -0.15) is 0 Å². The minimum atomic E-state index is -4.04. The van der Waals surface area contributed by atoms with Gasteiger partial charge in [-0.15, -0.1) is 10.2 Å². The standard InChI is InChI=1S/C23H31N7O5S/c1-14-11-25-21(26-12-14)20(35-5)15(2)36(31,32)29-23-28-27-22(16-9-10-24-13-16)30(23)19-17(33-3)7-6-8-18(19)34-4/h6-8,11-12,15-16,20,24H,9-10,13H2,1-5H3,(H,28,29)/t15-,16-,20-/m0/s1. The number of benzene rings is 1. The van der Waals surface area contributed by atoms with Crippen molar-refractivity contribution in [3.05, 3.63) is 47.8 Å². The lowest BCUT2D eigenvalue weighted by Crippen LogP contribution is -2.33. The lowest BCUT2D eigenvalue weighted by molar-refractivity contribution is 0.0949. The van der Waals surface area contributed by atoms with E-state index in [1.807, 2.05) is 6.92 Å². The van der Waals surface area contributed by atoms with Crippen LogP contribution in [0.25, 0.3) is 5.69 Å². The van der Waals surface area contributed by atoms with Gasteiger partial charge in [0.25, 0.3) is 0 Å². The molecule has 0 aliphatic carbocycles. The lowest BCUT2D eigenvalue weighted by Gasteiger charge is -2.23. The number of aromatic nitrogens is 5. The summed E-state index contributed by atoms with van der Waals surface area (Å²) in [4.78, 5) is 8.51. The second-order valence-electron chi connectivity index (χ2n) is 8.55. The van der Waals surface area contributed by atoms with Crippen molar-refractivity contribution in [2.24, 2.45) is 0 Å². The second kappa shape index (κ2) is 10.8. The summed E-state index contributed by atoms with van der Waals surface area (Å²) < 4.78 is 48.1. The first-order valence-electron chi connectivity index (χ1n) is 11.5. The van der Waals surface area contributed by atoms with Gasteiger partial charge < -0.3 is 19.5 Å². The summed E-state index contributed by atoms with van der Waals surface area (Å²) >= 11 is 0. The number of ether oxygens (including phenoxy) is 3. The Labute approximate surface area is 210 Å². The van der Waals surface area contributed by atoms with E-state index in [1.165, 1.54) is 28.3 Å². The molecule has 0 bridgehead atoms. The van der Waals surface area contributed by atoms with Crippen molar-refractivity contribution >= 4 is 16.0 Å². The Morgan fingerprint density at radius 2 is 1.78 bits per heavy atom. The van der Waals surface area contributed by atoms with E-state index in [0.717, 1.165) is 18.5 Å². The van der Waals surface area contributed by atoms with Crippen molar-refractivity contribution in [1.82, 2.24) is 30.0 Å². The Morgan fingerprint density at radius 1 is 1.11 bits per heavy atom. The van der Waals surface area contributed by atoms with Crippen LogP contribution in [0.3, 0.4) is 0 Å². The maximum Gasteiger partial charge on any atom is 0.243 e. The predicted octanol–water partition coefficient (Wildman–Crippen LogP) is 1.98. The number of hydrogen-bond acceptors (Lipinski definition) is 10. The molecule has 3 aromatic rings. The number of hydrogen-bond donors (Lipinski definition) is 2. The van der Waals surface area contributed by atoms with Crippen molar-refractivity contribution in [3.8, 4) is 17.2 Å². The average Bonchev–Trinajstić information content (AvgIpc) is 3.54. The minimum Gasteiger partial charge on any atom is -0.494 e. The summed E-state index contributed by atoms with van der Waals surface area (Å²) in [6, 6.07) is 5.33. The van der Waals surface area contributed by atoms with E-state index < -0.39 is 21.4 Å². The molecule has 3 atom stereocenters. The van der Waals surface area contributed by atoms with Crippen molar-refractivity contribution in [3.63, 3.8) is 0 Å². The molecule has 13 heteroatoms. The van der Waals surface area contributed by atoms with Crippen molar-refractivity contribution in [2.75, 3.05) is 39.1 Å². The first kappa shape index (κ1) is 25.8. The molecule has 1 fully saturated rings. The van der Waals surface area contributed by atoms with Gasteiger partial charge in [0.05, 0.1) is 14.2 Å². The summed E-state index contributed by atoms with van der Waals surface area (Å²) in [6.45, 7) is 4.90. The maximum absolute atomic E-state index is 13.6. The molecule has 1 aliphatic rings. The molecule has 0 saturated carbocycles. The topological polar surface area (TPSA) is 142 Å². The maximum atomic E-state index is 13.6. The van der Waals surface area contributed by atoms with Gasteiger partial charge in [-0.1, -0.05) is 6.07 Å². The molecule has 4 rings (SSSR count). The molecule has 2 N–H and O–H groups in total. The Kier molecular flexibility index (Phi) is 7.71. The van der Waals surface area contributed by atoms with Gasteiger partial charge in [0.2, 0.25) is 16.0 Å². The molecule has 0 unspecified atom stereocenters. The largest absolute Gasteiger partial charge is 0.494 e. The Bertz CT molecular complexity index is 1270. The SMILES string of the molecule is COc1cccc(OC)c1-n1c(NS(=O)(=O)[C@@H](C)[C@H](OC)c2ncc(C)cn2)nnc1[C@H]1CCNC1. The quantitative estimate of drug-likeness (QED) is 0.410. The van der Waals surface area contributed by atoms with Crippen LogP contribution in [0, 0.1) is 6.92 Å². The minimum absolute atomic E-state index is 0.0197. The van der Waals surface area contributed by atoms with E-state index in [0.29, 0.717) is 29.6 Å². The first-order valence-corrected chi connectivity index (χ1v) is 13.1. The number of rotatable bonds is 10. The van der Waals surface area contributed by atoms with Gasteiger partial charge in [0.1, 0.15) is 34.4 Å². The highest BCUT2D eigenvalue weighted by Gasteiger charge is 2.36. The van der Waals surface area contributed by atoms with Crippen LogP contribution >= 0.6 is 0 Å². The molecule has 3 heterocycles. The number of anilines is 1. The molecule has 1 saturated heterocycles. The second-order valence-corrected chi connectivity index (χ2v) is 10.6. The van der Waals surface area contributed by atoms with Crippen LogP contribution < -0.4 is 19.5 Å². The molecule has 1 aliphatic heterocycles. The Balaban J connectivity index is 1.77. The summed E-state index contributed by atoms with van der Waals surface area (Å²) in [5.41, 5.74) is 1.36. The Morgan fingerprint density at radius 3 is 2.33 bits per heavy atom. The van der Waals surface area contributed by atoms with Gasteiger partial charge in [-0.25, -0.2) is 18.4 Å². The molecule has 0 spiro atoms. The van der Waals surface area contributed by atoms with Gasteiger partial charge in [-0.05, 0) is 44.5 Å². The monoisotopic (exact) mass is 517 g/mol. The van der Waals surface area contributed by atoms with E-state index in [-0.39, 0.29) is 17.7 Å². The number of methoxy groups -OCH3 is 3. The third-order valence-corrected chi connectivity index (χ3v) is 7.89. The van der Waals surface area contributed by atoms with Gasteiger partial charge in [0, 0.05) is 32.0 Å². The molecule has 194 valence electrons. The first-order chi connectivity index (χ1) is 17.3. The number of nitrogens with one attached hydrogen (secondary N) is 2. The molecular formula is C23H31N7O5S. The summed E-state index contributed by atoms with van der Waals surface area (Å²) in [6.07, 6.45) is 3.16. The predicted molar refractivity (Wildman–Crippen MR) is 133 cm³/mol. The lowest BCUT2D eigenvalue weighted by atomic mass is 10.1. The molecular weight excluding hydrogens is 486 g/mol. The summed E-state index contributed by atoms with van der Waals surface area (Å²) in [5.74, 6) is 1.88. The Hall–Kier alpha value is -3.29. The van der Waals surface area contributed by atoms with E-state index in [1.54, 1.807) is 35.2 Å². The third kappa shape index (κ3) is 4.99. The van der Waals surface area contributed by atoms with Crippen LogP contribution in [0.5, 0.6) is 11.5 Å². The number of para-hydroxylation sites is 1. The van der Waals surface area contributed by atoms with Crippen LogP contribution in [0.2, 0.25) is 0 Å². The summed E-state index contributed by atoms with van der Waals surface area (Å²) in [7, 11) is 0.461. The zero-order valence-electron chi connectivity index (χ0n) is 20.9. The van der Waals surface area contributed by atoms with E-state index >= 15 is 0 Å². The molecule has 0 amide bonds. The molecule has 2 aromatic heterocycles. The van der Waals surface area contributed by atoms with Crippen LogP contribution in [0.1, 0.15) is 42.6 Å². The fraction of sp³-hybridized carbons (Fsp3) is 0.478. The molecule has 12 nitrogen and oxygen atoms in total. The fourth-order valence-corrected chi connectivity index (χ4v) is 5.34. The zero-order valence-corrected chi connectivity index (χ0v) is 21.7. The third-order valence-electron chi connectivity index (χ3n) is 6.20. The van der Waals surface area contributed by atoms with Gasteiger partial charge in [-0.3, -0.25) is 9.29 Å². The van der Waals surface area contributed by atoms with Gasteiger partial charge >= 0.3 is 0 Å². The zero-order chi connectivity index (χ0) is 25.9. The number of nitrogens with zero attached hydrogens (tertiary/aromatic N) is 5. The normalized spacial score (nSPS) is 17.5. The molecule has 36 heavy (non-hydrogen) atoms. The average molecular weight is 518 g/mol. The van der Waals surface area contributed by atoms with Crippen molar-refractivity contribution in [1.29, 1.82) is 0 Å². The highest BCUT2D eigenvalue weighted by molar-refractivity contribution is 7.93. The molecule has 1 aromatic carbocycles.